The second kappa shape index (κ2) is 5.24. The number of halogens is 1. The van der Waals surface area contributed by atoms with Crippen LogP contribution in [0.2, 0.25) is 0 Å². The molecule has 8 heteroatoms. The Balaban J connectivity index is 1.95. The molecule has 0 aliphatic heterocycles. The summed E-state index contributed by atoms with van der Waals surface area (Å²) in [6.07, 6.45) is 2.07. The maximum Gasteiger partial charge on any atom is 0.344 e. The van der Waals surface area contributed by atoms with Crippen LogP contribution < -0.4 is 5.69 Å². The Kier molecular flexibility index (Phi) is 3.69. The van der Waals surface area contributed by atoms with Gasteiger partial charge in [0, 0.05) is 17.5 Å². The first-order chi connectivity index (χ1) is 9.84. The first-order valence-electron chi connectivity index (χ1n) is 6.74. The summed E-state index contributed by atoms with van der Waals surface area (Å²) >= 11 is 4.81. The zero-order valence-electron chi connectivity index (χ0n) is 12.1. The molecule has 3 rings (SSSR count). The highest BCUT2D eigenvalue weighted by atomic mass is 79.9. The Morgan fingerprint density at radius 1 is 1.38 bits per heavy atom. The van der Waals surface area contributed by atoms with E-state index in [-0.39, 0.29) is 17.1 Å². The fraction of sp³-hybridized carbons (Fsp3) is 0.538. The summed E-state index contributed by atoms with van der Waals surface area (Å²) in [5.74, 6) is 0.759. The molecule has 2 aromatic rings. The van der Waals surface area contributed by atoms with E-state index < -0.39 is 0 Å². The number of nitrogens with zero attached hydrogens (tertiary/aromatic N) is 4. The van der Waals surface area contributed by atoms with Gasteiger partial charge in [-0.25, -0.2) is 19.9 Å². The molecule has 0 bridgehead atoms. The van der Waals surface area contributed by atoms with Crippen molar-refractivity contribution < 1.29 is 0 Å². The van der Waals surface area contributed by atoms with Gasteiger partial charge in [0.25, 0.3) is 0 Å². The average Bonchev–Trinajstić information content (AvgIpc) is 3.13. The number of aromatic nitrogens is 5. The van der Waals surface area contributed by atoms with Crippen LogP contribution in [-0.2, 0) is 5.41 Å². The van der Waals surface area contributed by atoms with Gasteiger partial charge in [0.2, 0.25) is 0 Å². The molecule has 1 fully saturated rings. The average molecular weight is 370 g/mol. The lowest BCUT2D eigenvalue weighted by Gasteiger charge is -2.17. The third-order valence-electron chi connectivity index (χ3n) is 3.12. The highest BCUT2D eigenvalue weighted by Crippen LogP contribution is 2.37. The summed E-state index contributed by atoms with van der Waals surface area (Å²) in [5.41, 5.74) is -0.287. The molecule has 0 spiro atoms. The van der Waals surface area contributed by atoms with Gasteiger partial charge in [0.15, 0.2) is 5.16 Å². The molecule has 6 nitrogen and oxygen atoms in total. The molecular formula is C13H16BrN5OS. The van der Waals surface area contributed by atoms with Crippen LogP contribution in [0.4, 0.5) is 0 Å². The molecule has 0 aromatic carbocycles. The van der Waals surface area contributed by atoms with Crippen LogP contribution in [-0.4, -0.2) is 24.7 Å². The third kappa shape index (κ3) is 3.21. The Labute approximate surface area is 134 Å². The first-order valence-corrected chi connectivity index (χ1v) is 8.35. The van der Waals surface area contributed by atoms with Gasteiger partial charge in [-0.3, -0.25) is 4.57 Å². The Morgan fingerprint density at radius 3 is 2.71 bits per heavy atom. The van der Waals surface area contributed by atoms with Gasteiger partial charge in [-0.2, -0.15) is 0 Å². The van der Waals surface area contributed by atoms with Crippen molar-refractivity contribution in [2.24, 2.45) is 0 Å². The topological polar surface area (TPSA) is 76.5 Å². The summed E-state index contributed by atoms with van der Waals surface area (Å²) in [5, 5.41) is 8.07. The highest BCUT2D eigenvalue weighted by Gasteiger charge is 2.29. The van der Waals surface area contributed by atoms with Crippen LogP contribution in [0.15, 0.2) is 25.6 Å². The molecule has 112 valence electrons. The number of rotatable bonds is 3. The van der Waals surface area contributed by atoms with Crippen LogP contribution >= 0.6 is 27.7 Å². The fourth-order valence-electron chi connectivity index (χ4n) is 1.90. The minimum absolute atomic E-state index is 0.138. The van der Waals surface area contributed by atoms with Crippen LogP contribution in [0, 0.1) is 0 Å². The first kappa shape index (κ1) is 14.8. The van der Waals surface area contributed by atoms with Crippen molar-refractivity contribution in [1.82, 2.24) is 24.7 Å². The van der Waals surface area contributed by atoms with Gasteiger partial charge in [0.1, 0.15) is 15.5 Å². The van der Waals surface area contributed by atoms with Gasteiger partial charge in [-0.15, -0.1) is 5.10 Å². The van der Waals surface area contributed by atoms with Crippen LogP contribution in [0.25, 0.3) is 0 Å². The van der Waals surface area contributed by atoms with E-state index in [1.807, 2.05) is 6.07 Å². The Hall–Kier alpha value is -1.15. The Bertz CT molecular complexity index is 729. The molecular weight excluding hydrogens is 354 g/mol. The van der Waals surface area contributed by atoms with Crippen molar-refractivity contribution in [1.29, 1.82) is 0 Å². The van der Waals surface area contributed by atoms with E-state index in [2.05, 4.69) is 56.9 Å². The SMILES string of the molecule is CC(C)(C)c1nc(Br)cc(Sc2n[nH]c(=O)n2C2CC2)n1. The lowest BCUT2D eigenvalue weighted by molar-refractivity contribution is 0.536. The predicted molar refractivity (Wildman–Crippen MR) is 83.7 cm³/mol. The molecule has 2 heterocycles. The number of hydrogen-bond donors (Lipinski definition) is 1. The molecule has 0 saturated heterocycles. The predicted octanol–water partition coefficient (Wildman–Crippen LogP) is 2.91. The van der Waals surface area contributed by atoms with E-state index in [1.54, 1.807) is 4.57 Å². The van der Waals surface area contributed by atoms with E-state index in [1.165, 1.54) is 11.8 Å². The second-order valence-electron chi connectivity index (χ2n) is 6.12. The summed E-state index contributed by atoms with van der Waals surface area (Å²) in [7, 11) is 0. The summed E-state index contributed by atoms with van der Waals surface area (Å²) < 4.78 is 2.46. The van der Waals surface area contributed by atoms with Crippen molar-refractivity contribution in [3.63, 3.8) is 0 Å². The van der Waals surface area contributed by atoms with E-state index in [0.717, 1.165) is 28.3 Å². The van der Waals surface area contributed by atoms with Crippen molar-refractivity contribution in [2.75, 3.05) is 0 Å². The molecule has 1 saturated carbocycles. The van der Waals surface area contributed by atoms with E-state index in [4.69, 9.17) is 0 Å². The number of hydrogen-bond acceptors (Lipinski definition) is 5. The zero-order chi connectivity index (χ0) is 15.2. The minimum Gasteiger partial charge on any atom is -0.267 e. The molecule has 1 aliphatic rings. The smallest absolute Gasteiger partial charge is 0.267 e. The number of nitrogens with one attached hydrogen (secondary N) is 1. The molecule has 0 radical (unpaired) electrons. The zero-order valence-corrected chi connectivity index (χ0v) is 14.5. The third-order valence-corrected chi connectivity index (χ3v) is 4.42. The standard InChI is InChI=1S/C13H16BrN5OS/c1-13(2,3)10-15-8(14)6-9(16-10)21-12-18-17-11(20)19(12)7-4-5-7/h6-7H,4-5H2,1-3H3,(H,17,20). The van der Waals surface area contributed by atoms with Gasteiger partial charge in [-0.1, -0.05) is 20.8 Å². The summed E-state index contributed by atoms with van der Waals surface area (Å²) in [6, 6.07) is 2.13. The van der Waals surface area contributed by atoms with Crippen molar-refractivity contribution in [3.8, 4) is 0 Å². The van der Waals surface area contributed by atoms with Crippen LogP contribution in [0.5, 0.6) is 0 Å². The van der Waals surface area contributed by atoms with Crippen molar-refractivity contribution in [3.05, 3.63) is 27.0 Å². The number of H-pyrrole nitrogens is 1. The van der Waals surface area contributed by atoms with E-state index >= 15 is 0 Å². The number of aromatic amines is 1. The summed E-state index contributed by atoms with van der Waals surface area (Å²) in [4.78, 5) is 20.8. The Morgan fingerprint density at radius 2 is 2.10 bits per heavy atom. The van der Waals surface area contributed by atoms with Crippen molar-refractivity contribution >= 4 is 27.7 Å². The van der Waals surface area contributed by atoms with Crippen LogP contribution in [0.3, 0.4) is 0 Å². The minimum atomic E-state index is -0.149. The molecule has 2 aromatic heterocycles. The highest BCUT2D eigenvalue weighted by molar-refractivity contribution is 9.10. The normalized spacial score (nSPS) is 15.4. The summed E-state index contributed by atoms with van der Waals surface area (Å²) in [6.45, 7) is 6.20. The largest absolute Gasteiger partial charge is 0.344 e. The van der Waals surface area contributed by atoms with Gasteiger partial charge in [0.05, 0.1) is 0 Å². The molecule has 0 amide bonds. The lowest BCUT2D eigenvalue weighted by atomic mass is 9.96. The molecule has 1 aliphatic carbocycles. The van der Waals surface area contributed by atoms with E-state index in [9.17, 15) is 4.79 Å². The quantitative estimate of drug-likeness (QED) is 0.841. The molecule has 0 unspecified atom stereocenters. The van der Waals surface area contributed by atoms with Gasteiger partial charge in [-0.05, 0) is 40.5 Å². The second-order valence-corrected chi connectivity index (χ2v) is 7.92. The maximum atomic E-state index is 11.8. The van der Waals surface area contributed by atoms with Gasteiger partial charge < -0.3 is 0 Å². The monoisotopic (exact) mass is 369 g/mol. The maximum absolute atomic E-state index is 11.8. The van der Waals surface area contributed by atoms with Crippen LogP contribution in [0.1, 0.15) is 45.5 Å². The van der Waals surface area contributed by atoms with Crippen molar-refractivity contribution in [2.45, 2.75) is 55.3 Å². The van der Waals surface area contributed by atoms with Gasteiger partial charge >= 0.3 is 5.69 Å². The molecule has 1 N–H and O–H groups in total. The molecule has 21 heavy (non-hydrogen) atoms. The molecule has 0 atom stereocenters. The van der Waals surface area contributed by atoms with E-state index in [0.29, 0.717) is 5.16 Å². The lowest BCUT2D eigenvalue weighted by Crippen LogP contribution is -2.17. The fourth-order valence-corrected chi connectivity index (χ4v) is 3.34.